The molecule has 3 aromatic heterocycles. The Morgan fingerprint density at radius 2 is 2.12 bits per heavy atom. The molecule has 3 rings (SSSR count). The van der Waals surface area contributed by atoms with E-state index in [1.807, 2.05) is 13.0 Å². The molecule has 0 bridgehead atoms. The van der Waals surface area contributed by atoms with Crippen molar-refractivity contribution in [3.05, 3.63) is 34.6 Å². The zero-order valence-electron chi connectivity index (χ0n) is 8.40. The van der Waals surface area contributed by atoms with Crippen LogP contribution in [0.2, 0.25) is 0 Å². The van der Waals surface area contributed by atoms with E-state index in [-0.39, 0.29) is 0 Å². The summed E-state index contributed by atoms with van der Waals surface area (Å²) in [4.78, 5) is 8.46. The first-order valence-corrected chi connectivity index (χ1v) is 5.50. The Kier molecular flexibility index (Phi) is 2.07. The molecule has 0 unspecified atom stereocenters. The zero-order valence-corrected chi connectivity index (χ0v) is 9.98. The molecule has 0 N–H and O–H groups in total. The molecule has 0 aliphatic carbocycles. The Labute approximate surface area is 99.4 Å². The molecule has 0 saturated heterocycles. The predicted octanol–water partition coefficient (Wildman–Crippen LogP) is 3.55. The third kappa shape index (κ3) is 1.53. The van der Waals surface area contributed by atoms with Crippen molar-refractivity contribution in [3.8, 4) is 11.7 Å². The fourth-order valence-corrected chi connectivity index (χ4v) is 1.76. The molecule has 0 radical (unpaired) electrons. The summed E-state index contributed by atoms with van der Waals surface area (Å²) >= 11 is 3.23. The average molecular weight is 279 g/mol. The van der Waals surface area contributed by atoms with Crippen LogP contribution in [0.1, 0.15) is 5.56 Å². The second-order valence-electron chi connectivity index (χ2n) is 3.46. The molecule has 0 aromatic carbocycles. The second-order valence-corrected chi connectivity index (χ2v) is 4.24. The molecule has 0 aliphatic rings. The SMILES string of the molecule is Cc1cnc2oc(-c3ccc(Br)o3)nc2c1. The normalized spacial score (nSPS) is 11.1. The maximum atomic E-state index is 5.49. The second kappa shape index (κ2) is 3.45. The number of hydrogen-bond acceptors (Lipinski definition) is 4. The van der Waals surface area contributed by atoms with E-state index in [4.69, 9.17) is 8.83 Å². The lowest BCUT2D eigenvalue weighted by molar-refractivity contribution is 0.515. The lowest BCUT2D eigenvalue weighted by Crippen LogP contribution is -1.76. The molecule has 0 saturated carbocycles. The Balaban J connectivity index is 2.18. The van der Waals surface area contributed by atoms with Crippen LogP contribution in [0.5, 0.6) is 0 Å². The van der Waals surface area contributed by atoms with E-state index in [1.165, 1.54) is 0 Å². The van der Waals surface area contributed by atoms with Crippen LogP contribution in [-0.2, 0) is 0 Å². The van der Waals surface area contributed by atoms with Crippen molar-refractivity contribution in [2.24, 2.45) is 0 Å². The van der Waals surface area contributed by atoms with Gasteiger partial charge in [0.2, 0.25) is 5.71 Å². The highest BCUT2D eigenvalue weighted by atomic mass is 79.9. The van der Waals surface area contributed by atoms with Gasteiger partial charge in [-0.3, -0.25) is 0 Å². The molecular formula is C11H7BrN2O2. The van der Waals surface area contributed by atoms with Gasteiger partial charge in [-0.2, -0.15) is 0 Å². The van der Waals surface area contributed by atoms with Crippen LogP contribution in [-0.4, -0.2) is 9.97 Å². The molecule has 4 nitrogen and oxygen atoms in total. The molecule has 0 aliphatic heterocycles. The first-order valence-electron chi connectivity index (χ1n) is 4.71. The number of aromatic nitrogens is 2. The van der Waals surface area contributed by atoms with Gasteiger partial charge in [0, 0.05) is 6.20 Å². The molecule has 0 spiro atoms. The fraction of sp³-hybridized carbons (Fsp3) is 0.0909. The van der Waals surface area contributed by atoms with Gasteiger partial charge in [-0.25, -0.2) is 9.97 Å². The van der Waals surface area contributed by atoms with Crippen molar-refractivity contribution >= 4 is 27.2 Å². The topological polar surface area (TPSA) is 52.1 Å². The van der Waals surface area contributed by atoms with Crippen LogP contribution in [0.15, 0.2) is 37.9 Å². The van der Waals surface area contributed by atoms with Crippen LogP contribution in [0.3, 0.4) is 0 Å². The number of halogens is 1. The Hall–Kier alpha value is -1.62. The van der Waals surface area contributed by atoms with Gasteiger partial charge in [0.1, 0.15) is 5.52 Å². The Morgan fingerprint density at radius 1 is 1.25 bits per heavy atom. The van der Waals surface area contributed by atoms with Crippen LogP contribution in [0.4, 0.5) is 0 Å². The van der Waals surface area contributed by atoms with Crippen LogP contribution >= 0.6 is 15.9 Å². The summed E-state index contributed by atoms with van der Waals surface area (Å²) in [7, 11) is 0. The monoisotopic (exact) mass is 278 g/mol. The molecule has 0 fully saturated rings. The molecule has 0 amide bonds. The summed E-state index contributed by atoms with van der Waals surface area (Å²) in [6.45, 7) is 1.96. The van der Waals surface area contributed by atoms with Crippen LogP contribution < -0.4 is 0 Å². The summed E-state index contributed by atoms with van der Waals surface area (Å²) in [5.41, 5.74) is 2.31. The van der Waals surface area contributed by atoms with E-state index in [0.717, 1.165) is 11.1 Å². The molecule has 3 heterocycles. The van der Waals surface area contributed by atoms with E-state index in [2.05, 4.69) is 25.9 Å². The van der Waals surface area contributed by atoms with Gasteiger partial charge >= 0.3 is 0 Å². The third-order valence-electron chi connectivity index (χ3n) is 2.17. The fourth-order valence-electron chi connectivity index (χ4n) is 1.46. The highest BCUT2D eigenvalue weighted by molar-refractivity contribution is 9.10. The Bertz CT molecular complexity index is 657. The predicted molar refractivity (Wildman–Crippen MR) is 61.9 cm³/mol. The highest BCUT2D eigenvalue weighted by Gasteiger charge is 2.12. The van der Waals surface area contributed by atoms with E-state index >= 15 is 0 Å². The van der Waals surface area contributed by atoms with Gasteiger partial charge in [-0.05, 0) is 46.6 Å². The van der Waals surface area contributed by atoms with Gasteiger partial charge in [-0.15, -0.1) is 0 Å². The lowest BCUT2D eigenvalue weighted by Gasteiger charge is -1.86. The lowest BCUT2D eigenvalue weighted by atomic mass is 10.3. The zero-order chi connectivity index (χ0) is 11.1. The van der Waals surface area contributed by atoms with Gasteiger partial charge in [0.25, 0.3) is 5.89 Å². The van der Waals surface area contributed by atoms with E-state index in [1.54, 1.807) is 18.3 Å². The minimum Gasteiger partial charge on any atom is -0.444 e. The number of furan rings is 1. The van der Waals surface area contributed by atoms with Crippen molar-refractivity contribution in [2.45, 2.75) is 6.92 Å². The number of oxazole rings is 1. The highest BCUT2D eigenvalue weighted by Crippen LogP contribution is 2.26. The first-order chi connectivity index (χ1) is 7.72. The first kappa shape index (κ1) is 9.59. The summed E-state index contributed by atoms with van der Waals surface area (Å²) in [6, 6.07) is 5.51. The largest absolute Gasteiger partial charge is 0.444 e. The number of fused-ring (bicyclic) bond motifs is 1. The maximum Gasteiger partial charge on any atom is 0.265 e. The summed E-state index contributed by atoms with van der Waals surface area (Å²) < 4.78 is 11.5. The van der Waals surface area contributed by atoms with Gasteiger partial charge < -0.3 is 8.83 Å². The molecule has 5 heteroatoms. The van der Waals surface area contributed by atoms with Crippen molar-refractivity contribution in [3.63, 3.8) is 0 Å². The van der Waals surface area contributed by atoms with Gasteiger partial charge in [0.15, 0.2) is 10.4 Å². The van der Waals surface area contributed by atoms with Crippen molar-refractivity contribution in [1.29, 1.82) is 0 Å². The van der Waals surface area contributed by atoms with Crippen molar-refractivity contribution in [2.75, 3.05) is 0 Å². The van der Waals surface area contributed by atoms with Gasteiger partial charge in [-0.1, -0.05) is 0 Å². The van der Waals surface area contributed by atoms with E-state index in [9.17, 15) is 0 Å². The summed E-state index contributed by atoms with van der Waals surface area (Å²) in [5, 5.41) is 0. The molecule has 16 heavy (non-hydrogen) atoms. The molecular weight excluding hydrogens is 272 g/mol. The summed E-state index contributed by atoms with van der Waals surface area (Å²) in [6.07, 6.45) is 1.75. The molecule has 80 valence electrons. The Morgan fingerprint density at radius 3 is 2.88 bits per heavy atom. The minimum atomic E-state index is 0.443. The van der Waals surface area contributed by atoms with Crippen LogP contribution in [0.25, 0.3) is 22.9 Å². The molecule has 0 atom stereocenters. The van der Waals surface area contributed by atoms with Crippen molar-refractivity contribution in [1.82, 2.24) is 9.97 Å². The maximum absolute atomic E-state index is 5.49. The van der Waals surface area contributed by atoms with Crippen LogP contribution in [0, 0.1) is 6.92 Å². The quantitative estimate of drug-likeness (QED) is 0.683. The smallest absolute Gasteiger partial charge is 0.265 e. The van der Waals surface area contributed by atoms with Gasteiger partial charge in [0.05, 0.1) is 0 Å². The third-order valence-corrected chi connectivity index (χ3v) is 2.59. The minimum absolute atomic E-state index is 0.443. The number of hydrogen-bond donors (Lipinski definition) is 0. The number of nitrogens with zero attached hydrogens (tertiary/aromatic N) is 2. The number of aryl methyl sites for hydroxylation is 1. The summed E-state index contributed by atoms with van der Waals surface area (Å²) in [5.74, 6) is 1.03. The van der Waals surface area contributed by atoms with Crippen molar-refractivity contribution < 1.29 is 8.83 Å². The van der Waals surface area contributed by atoms with E-state index < -0.39 is 0 Å². The standard InChI is InChI=1S/C11H7BrN2O2/c1-6-4-7-10(13-5-6)16-11(14-7)8-2-3-9(12)15-8/h2-5H,1H3. The number of rotatable bonds is 1. The molecule has 3 aromatic rings. The average Bonchev–Trinajstić information content (AvgIpc) is 2.83. The van der Waals surface area contributed by atoms with E-state index in [0.29, 0.717) is 22.0 Å². The number of pyridine rings is 1.